The molecule has 156 valence electrons. The number of nitrogens with zero attached hydrogens (tertiary/aromatic N) is 1. The lowest BCUT2D eigenvalue weighted by Gasteiger charge is -2.22. The molecule has 3 rings (SSSR count). The van der Waals surface area contributed by atoms with Crippen molar-refractivity contribution in [2.24, 2.45) is 0 Å². The molecule has 0 saturated carbocycles. The molecule has 0 amide bonds. The fourth-order valence-electron chi connectivity index (χ4n) is 3.99. The third-order valence-corrected chi connectivity index (χ3v) is 5.37. The van der Waals surface area contributed by atoms with Crippen molar-refractivity contribution in [1.82, 2.24) is 0 Å². The molecule has 4 nitrogen and oxygen atoms in total. The van der Waals surface area contributed by atoms with E-state index in [2.05, 4.69) is 49.1 Å². The summed E-state index contributed by atoms with van der Waals surface area (Å²) in [6.07, 6.45) is 1.95. The van der Waals surface area contributed by atoms with E-state index in [0.717, 1.165) is 31.0 Å². The molecule has 29 heavy (non-hydrogen) atoms. The molecule has 2 aromatic carbocycles. The van der Waals surface area contributed by atoms with E-state index in [1.807, 2.05) is 26.0 Å². The number of ether oxygens (including phenoxy) is 2. The molecule has 1 aliphatic heterocycles. The number of hydrogen-bond acceptors (Lipinski definition) is 4. The number of ketones is 1. The largest absolute Gasteiger partial charge is 0.491 e. The van der Waals surface area contributed by atoms with Crippen LogP contribution in [0, 0.1) is 6.92 Å². The summed E-state index contributed by atoms with van der Waals surface area (Å²) >= 11 is 0. The van der Waals surface area contributed by atoms with Crippen molar-refractivity contribution in [2.75, 3.05) is 18.0 Å². The molecule has 1 aliphatic rings. The number of rotatable bonds is 8. The molecule has 0 N–H and O–H groups in total. The zero-order valence-corrected chi connectivity index (χ0v) is 18.3. The molecule has 2 atom stereocenters. The summed E-state index contributed by atoms with van der Waals surface area (Å²) in [6, 6.07) is 14.5. The van der Waals surface area contributed by atoms with Gasteiger partial charge in [0.05, 0.1) is 12.6 Å². The number of carbonyl (C=O) groups is 1. The second-order valence-electron chi connectivity index (χ2n) is 8.47. The van der Waals surface area contributed by atoms with Crippen LogP contribution < -0.4 is 14.4 Å². The van der Waals surface area contributed by atoms with Gasteiger partial charge in [0.15, 0.2) is 0 Å². The summed E-state index contributed by atoms with van der Waals surface area (Å²) in [5.41, 5.74) is 3.66. The van der Waals surface area contributed by atoms with Crippen molar-refractivity contribution in [2.45, 2.75) is 65.6 Å². The molecule has 2 aromatic rings. The second kappa shape index (κ2) is 9.34. The molecule has 0 spiro atoms. The van der Waals surface area contributed by atoms with Crippen molar-refractivity contribution in [3.05, 3.63) is 53.6 Å². The van der Waals surface area contributed by atoms with Crippen LogP contribution in [0.25, 0.3) is 0 Å². The summed E-state index contributed by atoms with van der Waals surface area (Å²) in [7, 11) is 0. The zero-order valence-electron chi connectivity index (χ0n) is 18.3. The minimum absolute atomic E-state index is 0.182. The van der Waals surface area contributed by atoms with Crippen molar-refractivity contribution >= 4 is 11.5 Å². The summed E-state index contributed by atoms with van der Waals surface area (Å²) < 4.78 is 12.0. The van der Waals surface area contributed by atoms with Crippen LogP contribution in [-0.2, 0) is 4.79 Å². The van der Waals surface area contributed by atoms with E-state index in [0.29, 0.717) is 6.42 Å². The first-order chi connectivity index (χ1) is 13.8. The van der Waals surface area contributed by atoms with Gasteiger partial charge in [0, 0.05) is 25.1 Å². The van der Waals surface area contributed by atoms with Crippen LogP contribution in [0.15, 0.2) is 42.5 Å². The van der Waals surface area contributed by atoms with Crippen LogP contribution >= 0.6 is 0 Å². The van der Waals surface area contributed by atoms with Crippen LogP contribution in [0.3, 0.4) is 0 Å². The van der Waals surface area contributed by atoms with Crippen LogP contribution in [0.4, 0.5) is 5.69 Å². The third kappa shape index (κ3) is 5.75. The summed E-state index contributed by atoms with van der Waals surface area (Å²) in [6.45, 7) is 11.8. The minimum Gasteiger partial charge on any atom is -0.491 e. The first kappa shape index (κ1) is 21.2. The van der Waals surface area contributed by atoms with Gasteiger partial charge in [-0.2, -0.15) is 0 Å². The van der Waals surface area contributed by atoms with Gasteiger partial charge >= 0.3 is 0 Å². The summed E-state index contributed by atoms with van der Waals surface area (Å²) in [4.78, 5) is 13.7. The van der Waals surface area contributed by atoms with Gasteiger partial charge in [-0.15, -0.1) is 0 Å². The molecule has 1 saturated heterocycles. The Morgan fingerprint density at radius 2 is 1.79 bits per heavy atom. The lowest BCUT2D eigenvalue weighted by Crippen LogP contribution is -2.25. The van der Waals surface area contributed by atoms with Gasteiger partial charge in [-0.3, -0.25) is 0 Å². The third-order valence-electron chi connectivity index (χ3n) is 5.37. The van der Waals surface area contributed by atoms with Gasteiger partial charge in [0.25, 0.3) is 0 Å². The van der Waals surface area contributed by atoms with Crippen LogP contribution in [0.1, 0.15) is 57.6 Å². The maximum Gasteiger partial charge on any atom is 0.130 e. The summed E-state index contributed by atoms with van der Waals surface area (Å²) in [5, 5.41) is 0. The average molecular weight is 396 g/mol. The van der Waals surface area contributed by atoms with Crippen LogP contribution in [-0.4, -0.2) is 31.1 Å². The second-order valence-corrected chi connectivity index (χ2v) is 8.47. The van der Waals surface area contributed by atoms with Gasteiger partial charge in [0.2, 0.25) is 0 Å². The molecule has 0 aliphatic carbocycles. The maximum atomic E-state index is 11.3. The Hall–Kier alpha value is -2.49. The number of anilines is 1. The van der Waals surface area contributed by atoms with Crippen molar-refractivity contribution in [3.63, 3.8) is 0 Å². The highest BCUT2D eigenvalue weighted by atomic mass is 16.5. The van der Waals surface area contributed by atoms with Gasteiger partial charge in [-0.25, -0.2) is 0 Å². The number of benzene rings is 2. The van der Waals surface area contributed by atoms with Crippen LogP contribution in [0.5, 0.6) is 11.5 Å². The lowest BCUT2D eigenvalue weighted by atomic mass is 9.96. The molecule has 4 heteroatoms. The average Bonchev–Trinajstić information content (AvgIpc) is 3.09. The van der Waals surface area contributed by atoms with Gasteiger partial charge in [0.1, 0.15) is 23.4 Å². The van der Waals surface area contributed by atoms with E-state index >= 15 is 0 Å². The highest BCUT2D eigenvalue weighted by Gasteiger charge is 2.25. The van der Waals surface area contributed by atoms with E-state index in [4.69, 9.17) is 9.47 Å². The highest BCUT2D eigenvalue weighted by Crippen LogP contribution is 2.30. The number of aryl methyl sites for hydroxylation is 1. The van der Waals surface area contributed by atoms with Crippen molar-refractivity contribution < 1.29 is 14.3 Å². The van der Waals surface area contributed by atoms with E-state index in [9.17, 15) is 4.79 Å². The fourth-order valence-corrected chi connectivity index (χ4v) is 3.99. The Labute approximate surface area is 174 Å². The molecule has 0 bridgehead atoms. The number of hydrogen-bond donors (Lipinski definition) is 0. The van der Waals surface area contributed by atoms with Crippen molar-refractivity contribution in [3.8, 4) is 11.5 Å². The summed E-state index contributed by atoms with van der Waals surface area (Å²) in [5.74, 6) is 2.29. The first-order valence-corrected chi connectivity index (χ1v) is 10.6. The van der Waals surface area contributed by atoms with E-state index < -0.39 is 0 Å². The topological polar surface area (TPSA) is 38.8 Å². The maximum absolute atomic E-state index is 11.3. The first-order valence-electron chi connectivity index (χ1n) is 10.6. The standard InChI is InChI=1S/C25H33NO3/c1-17(2)28-23-10-11-25(19(4)15-23)26-13-12-24(16-26)29-22-8-6-21(7-9-22)18(3)14-20(5)27/h6-11,15,17-18,24H,12-14,16H2,1-5H3/t18-,24?/m1/s1. The van der Waals surface area contributed by atoms with E-state index in [1.165, 1.54) is 16.8 Å². The quantitative estimate of drug-likeness (QED) is 0.590. The fraction of sp³-hybridized carbons (Fsp3) is 0.480. The van der Waals surface area contributed by atoms with E-state index in [1.54, 1.807) is 6.92 Å². The molecular formula is C25H33NO3. The monoisotopic (exact) mass is 395 g/mol. The van der Waals surface area contributed by atoms with Crippen LogP contribution in [0.2, 0.25) is 0 Å². The molecule has 1 unspecified atom stereocenters. The Morgan fingerprint density at radius 1 is 1.10 bits per heavy atom. The SMILES string of the molecule is CC(=O)C[C@@H](C)c1ccc(OC2CCN(c3ccc(OC(C)C)cc3C)C2)cc1. The molecular weight excluding hydrogens is 362 g/mol. The number of Topliss-reactive ketones (excluding diaryl/α,β-unsaturated/α-hetero) is 1. The minimum atomic E-state index is 0.182. The molecule has 1 fully saturated rings. The van der Waals surface area contributed by atoms with E-state index in [-0.39, 0.29) is 23.9 Å². The van der Waals surface area contributed by atoms with Crippen molar-refractivity contribution in [1.29, 1.82) is 0 Å². The Morgan fingerprint density at radius 3 is 2.41 bits per heavy atom. The van der Waals surface area contributed by atoms with Gasteiger partial charge in [-0.05, 0) is 75.1 Å². The van der Waals surface area contributed by atoms with Gasteiger partial charge in [-0.1, -0.05) is 19.1 Å². The lowest BCUT2D eigenvalue weighted by molar-refractivity contribution is -0.117. The Balaban J connectivity index is 1.58. The molecule has 0 aromatic heterocycles. The predicted molar refractivity (Wildman–Crippen MR) is 118 cm³/mol. The highest BCUT2D eigenvalue weighted by molar-refractivity contribution is 5.76. The number of carbonyl (C=O) groups excluding carboxylic acids is 1. The Kier molecular flexibility index (Phi) is 6.83. The van der Waals surface area contributed by atoms with Gasteiger partial charge < -0.3 is 19.2 Å². The predicted octanol–water partition coefficient (Wildman–Crippen LogP) is 5.52. The normalized spacial score (nSPS) is 17.4. The smallest absolute Gasteiger partial charge is 0.130 e. The molecule has 1 heterocycles. The zero-order chi connectivity index (χ0) is 21.0. The Bertz CT molecular complexity index is 828. The molecule has 0 radical (unpaired) electrons.